The van der Waals surface area contributed by atoms with Crippen LogP contribution in [-0.2, 0) is 4.79 Å². The summed E-state index contributed by atoms with van der Waals surface area (Å²) in [5.74, 6) is -0.786. The van der Waals surface area contributed by atoms with Crippen LogP contribution >= 0.6 is 23.2 Å². The quantitative estimate of drug-likeness (QED) is 0.325. The van der Waals surface area contributed by atoms with E-state index in [2.05, 4.69) is 17.4 Å². The van der Waals surface area contributed by atoms with Crippen LogP contribution in [-0.4, -0.2) is 35.6 Å². The number of halogens is 2. The fourth-order valence-electron chi connectivity index (χ4n) is 1.19. The van der Waals surface area contributed by atoms with Gasteiger partial charge in [0.2, 0.25) is 0 Å². The molecule has 0 bridgehead atoms. The average molecular weight is 321 g/mol. The van der Waals surface area contributed by atoms with Gasteiger partial charge < -0.3 is 15.6 Å². The summed E-state index contributed by atoms with van der Waals surface area (Å²) in [7, 11) is 0. The molecule has 0 amide bonds. The fourth-order valence-corrected chi connectivity index (χ4v) is 1.68. The summed E-state index contributed by atoms with van der Waals surface area (Å²) in [6.07, 6.45) is 3.35. The number of aliphatic carboxylic acids is 1. The number of hydrogen-bond donors (Lipinski definition) is 3. The van der Waals surface area contributed by atoms with Crippen molar-refractivity contribution >= 4 is 35.4 Å². The first kappa shape index (κ1) is 18.7. The fraction of sp³-hybridized carbons (Fsp3) is 0.385. The first-order valence-corrected chi connectivity index (χ1v) is 6.82. The maximum absolute atomic E-state index is 9.90. The van der Waals surface area contributed by atoms with Gasteiger partial charge in [0, 0.05) is 5.56 Å². The van der Waals surface area contributed by atoms with E-state index in [0.29, 0.717) is 15.6 Å². The molecule has 1 aromatic rings. The van der Waals surface area contributed by atoms with Gasteiger partial charge in [0.25, 0.3) is 0 Å². The number of carbonyl (C=O) groups is 1. The van der Waals surface area contributed by atoms with Gasteiger partial charge in [-0.1, -0.05) is 47.8 Å². The zero-order valence-electron chi connectivity index (χ0n) is 11.1. The van der Waals surface area contributed by atoms with Gasteiger partial charge in [-0.3, -0.25) is 4.79 Å². The average Bonchev–Trinajstić information content (AvgIpc) is 2.40. The Kier molecular flexibility index (Phi) is 10.8. The molecule has 112 valence electrons. The highest BCUT2D eigenvalue weighted by atomic mass is 35.5. The molecule has 0 heterocycles. The van der Waals surface area contributed by atoms with Crippen molar-refractivity contribution in [2.24, 2.45) is 5.16 Å². The molecule has 0 spiro atoms. The topological polar surface area (TPSA) is 81.9 Å². The van der Waals surface area contributed by atoms with E-state index in [1.54, 1.807) is 18.2 Å². The Labute approximate surface area is 128 Å². The van der Waals surface area contributed by atoms with E-state index < -0.39 is 5.97 Å². The number of carboxylic acids is 1. The molecule has 5 nitrogen and oxygen atoms in total. The third-order valence-corrected chi connectivity index (χ3v) is 2.83. The molecule has 0 aliphatic heterocycles. The molecule has 20 heavy (non-hydrogen) atoms. The lowest BCUT2D eigenvalue weighted by molar-refractivity contribution is -0.135. The third kappa shape index (κ3) is 8.74. The van der Waals surface area contributed by atoms with Crippen LogP contribution in [0.3, 0.4) is 0 Å². The van der Waals surface area contributed by atoms with Gasteiger partial charge in [-0.15, -0.1) is 0 Å². The number of nitrogens with one attached hydrogen (secondary N) is 1. The van der Waals surface area contributed by atoms with Gasteiger partial charge in [-0.2, -0.15) is 0 Å². The number of hydrogen-bond acceptors (Lipinski definition) is 4. The molecule has 0 aliphatic rings. The molecule has 1 aromatic carbocycles. The summed E-state index contributed by atoms with van der Waals surface area (Å²) in [5, 5.41) is 22.9. The standard InChI is InChI=1S/C7H5Cl2NO.C6H13NO2/c8-6-2-1-3-7(9)5(6)4-10-11;1-2-3-4-7-5-6(8)9/h1-4,11H;7H,2-5H2,1H3,(H,8,9). The number of rotatable bonds is 6. The van der Waals surface area contributed by atoms with Crippen LogP contribution in [0.5, 0.6) is 0 Å². The SMILES string of the molecule is CCCCNCC(=O)O.ON=Cc1c(Cl)cccc1Cl. The van der Waals surface area contributed by atoms with Gasteiger partial charge in [-0.05, 0) is 25.1 Å². The third-order valence-electron chi connectivity index (χ3n) is 2.17. The minimum Gasteiger partial charge on any atom is -0.480 e. The van der Waals surface area contributed by atoms with Crippen molar-refractivity contribution in [2.75, 3.05) is 13.1 Å². The molecule has 0 atom stereocenters. The summed E-state index contributed by atoms with van der Waals surface area (Å²) in [6, 6.07) is 5.06. The molecule has 0 unspecified atom stereocenters. The summed E-state index contributed by atoms with van der Waals surface area (Å²) in [4.78, 5) is 9.90. The molecule has 3 N–H and O–H groups in total. The predicted octanol–water partition coefficient (Wildman–Crippen LogP) is 3.26. The molecule has 0 aliphatic carbocycles. The molecule has 0 radical (unpaired) electrons. The van der Waals surface area contributed by atoms with Gasteiger partial charge in [0.1, 0.15) is 0 Å². The summed E-state index contributed by atoms with van der Waals surface area (Å²) in [5.41, 5.74) is 0.526. The Morgan fingerprint density at radius 3 is 2.45 bits per heavy atom. The maximum atomic E-state index is 9.90. The van der Waals surface area contributed by atoms with Crippen LogP contribution in [0.4, 0.5) is 0 Å². The Bertz CT molecular complexity index is 419. The van der Waals surface area contributed by atoms with E-state index in [9.17, 15) is 4.79 Å². The van der Waals surface area contributed by atoms with E-state index in [1.165, 1.54) is 6.21 Å². The zero-order chi connectivity index (χ0) is 15.4. The highest BCUT2D eigenvalue weighted by molar-refractivity contribution is 6.38. The van der Waals surface area contributed by atoms with E-state index in [0.717, 1.165) is 19.4 Å². The summed E-state index contributed by atoms with van der Waals surface area (Å²) < 4.78 is 0. The molecule has 0 aromatic heterocycles. The molecule has 0 saturated heterocycles. The number of unbranched alkanes of at least 4 members (excludes halogenated alkanes) is 1. The molecular weight excluding hydrogens is 303 g/mol. The Morgan fingerprint density at radius 2 is 2.00 bits per heavy atom. The summed E-state index contributed by atoms with van der Waals surface area (Å²) in [6.45, 7) is 2.96. The van der Waals surface area contributed by atoms with Crippen LogP contribution in [0.1, 0.15) is 25.3 Å². The highest BCUT2D eigenvalue weighted by Crippen LogP contribution is 2.21. The van der Waals surface area contributed by atoms with Crippen LogP contribution in [0.15, 0.2) is 23.4 Å². The second kappa shape index (κ2) is 11.5. The molecular formula is C13H18Cl2N2O3. The van der Waals surface area contributed by atoms with E-state index in [4.69, 9.17) is 33.5 Å². The number of benzene rings is 1. The van der Waals surface area contributed by atoms with Gasteiger partial charge >= 0.3 is 5.97 Å². The van der Waals surface area contributed by atoms with Crippen molar-refractivity contribution in [1.29, 1.82) is 0 Å². The Morgan fingerprint density at radius 1 is 1.40 bits per heavy atom. The monoisotopic (exact) mass is 320 g/mol. The smallest absolute Gasteiger partial charge is 0.317 e. The van der Waals surface area contributed by atoms with Gasteiger partial charge in [0.15, 0.2) is 0 Å². The van der Waals surface area contributed by atoms with Crippen molar-refractivity contribution in [1.82, 2.24) is 5.32 Å². The van der Waals surface area contributed by atoms with Crippen molar-refractivity contribution in [3.63, 3.8) is 0 Å². The largest absolute Gasteiger partial charge is 0.480 e. The number of nitrogens with zero attached hydrogens (tertiary/aromatic N) is 1. The van der Waals surface area contributed by atoms with Crippen molar-refractivity contribution < 1.29 is 15.1 Å². The van der Waals surface area contributed by atoms with Crippen molar-refractivity contribution in [3.8, 4) is 0 Å². The molecule has 7 heteroatoms. The summed E-state index contributed by atoms with van der Waals surface area (Å²) >= 11 is 11.4. The second-order valence-corrected chi connectivity index (χ2v) is 4.62. The Balaban J connectivity index is 0.000000370. The predicted molar refractivity (Wildman–Crippen MR) is 81.3 cm³/mol. The van der Waals surface area contributed by atoms with E-state index in [1.807, 2.05) is 0 Å². The molecule has 0 fully saturated rings. The van der Waals surface area contributed by atoms with Crippen LogP contribution in [0.2, 0.25) is 10.0 Å². The van der Waals surface area contributed by atoms with Crippen LogP contribution < -0.4 is 5.32 Å². The number of carboxylic acid groups (broad SMARTS) is 1. The highest BCUT2D eigenvalue weighted by Gasteiger charge is 2.00. The van der Waals surface area contributed by atoms with Crippen LogP contribution in [0.25, 0.3) is 0 Å². The van der Waals surface area contributed by atoms with Crippen molar-refractivity contribution in [3.05, 3.63) is 33.8 Å². The lowest BCUT2D eigenvalue weighted by Crippen LogP contribution is -2.23. The normalized spacial score (nSPS) is 10.2. The first-order chi connectivity index (χ1) is 9.52. The Hall–Kier alpha value is -1.30. The van der Waals surface area contributed by atoms with Crippen molar-refractivity contribution in [2.45, 2.75) is 19.8 Å². The second-order valence-electron chi connectivity index (χ2n) is 3.80. The zero-order valence-corrected chi connectivity index (χ0v) is 12.7. The lowest BCUT2D eigenvalue weighted by Gasteiger charge is -1.97. The van der Waals surface area contributed by atoms with Gasteiger partial charge in [-0.25, -0.2) is 0 Å². The van der Waals surface area contributed by atoms with Gasteiger partial charge in [0.05, 0.1) is 22.8 Å². The number of oxime groups is 1. The maximum Gasteiger partial charge on any atom is 0.317 e. The minimum absolute atomic E-state index is 0.0833. The van der Waals surface area contributed by atoms with E-state index in [-0.39, 0.29) is 6.54 Å². The minimum atomic E-state index is -0.786. The lowest BCUT2D eigenvalue weighted by atomic mass is 10.2. The van der Waals surface area contributed by atoms with Crippen LogP contribution in [0, 0.1) is 0 Å². The molecule has 1 rings (SSSR count). The first-order valence-electron chi connectivity index (χ1n) is 6.06. The molecule has 0 saturated carbocycles. The van der Waals surface area contributed by atoms with E-state index >= 15 is 0 Å².